The second kappa shape index (κ2) is 10.6. The van der Waals surface area contributed by atoms with E-state index in [0.717, 1.165) is 28.9 Å². The van der Waals surface area contributed by atoms with E-state index in [0.29, 0.717) is 32.6 Å². The number of carbonyl (C=O) groups excluding carboxylic acids is 3. The fourth-order valence-corrected chi connectivity index (χ4v) is 5.15. The molecule has 2 N–H and O–H groups in total. The van der Waals surface area contributed by atoms with Crippen LogP contribution in [0.1, 0.15) is 44.2 Å². The summed E-state index contributed by atoms with van der Waals surface area (Å²) in [4.78, 5) is 45.0. The zero-order valence-corrected chi connectivity index (χ0v) is 21.7. The first-order valence-electron chi connectivity index (χ1n) is 12.8. The molecule has 8 heteroatoms. The van der Waals surface area contributed by atoms with Gasteiger partial charge in [-0.1, -0.05) is 42.8 Å². The van der Waals surface area contributed by atoms with E-state index in [1.54, 1.807) is 9.80 Å². The van der Waals surface area contributed by atoms with Crippen LogP contribution in [0.5, 0.6) is 0 Å². The molecule has 2 fully saturated rings. The lowest BCUT2D eigenvalue weighted by Crippen LogP contribution is -2.58. The number of carbonyl (C=O) groups is 3. The lowest BCUT2D eigenvalue weighted by molar-refractivity contribution is -0.137. The maximum atomic E-state index is 13.8. The summed E-state index contributed by atoms with van der Waals surface area (Å²) in [6.45, 7) is 9.28. The summed E-state index contributed by atoms with van der Waals surface area (Å²) in [5.41, 5.74) is 3.14. The Labute approximate surface area is 213 Å². The van der Waals surface area contributed by atoms with Crippen molar-refractivity contribution in [2.75, 3.05) is 36.5 Å². The number of nitrogens with one attached hydrogen (secondary N) is 2. The number of nitrogens with zero attached hydrogens (tertiary/aromatic N) is 3. The molecule has 0 aromatic heterocycles. The Morgan fingerprint density at radius 3 is 2.39 bits per heavy atom. The number of hydrogen-bond acceptors (Lipinski definition) is 4. The van der Waals surface area contributed by atoms with Gasteiger partial charge in [0.15, 0.2) is 0 Å². The fourth-order valence-electron chi connectivity index (χ4n) is 5.15. The number of para-hydroxylation sites is 1. The Balaban J connectivity index is 1.49. The van der Waals surface area contributed by atoms with Crippen molar-refractivity contribution >= 4 is 29.2 Å². The summed E-state index contributed by atoms with van der Waals surface area (Å²) < 4.78 is 0. The highest BCUT2D eigenvalue weighted by Gasteiger charge is 2.54. The highest BCUT2D eigenvalue weighted by Crippen LogP contribution is 2.39. The lowest BCUT2D eigenvalue weighted by Gasteiger charge is -2.43. The fraction of sp³-hybridized carbons (Fsp3) is 0.464. The van der Waals surface area contributed by atoms with Crippen LogP contribution in [0.2, 0.25) is 0 Å². The molecule has 2 aromatic carbocycles. The van der Waals surface area contributed by atoms with Gasteiger partial charge < -0.3 is 25.3 Å². The van der Waals surface area contributed by atoms with Gasteiger partial charge in [0.05, 0.1) is 6.67 Å². The van der Waals surface area contributed by atoms with E-state index in [1.165, 1.54) is 0 Å². The normalized spacial score (nSPS) is 17.9. The van der Waals surface area contributed by atoms with Crippen molar-refractivity contribution in [3.8, 4) is 0 Å². The van der Waals surface area contributed by atoms with Gasteiger partial charge in [0, 0.05) is 30.5 Å². The van der Waals surface area contributed by atoms with Crippen LogP contribution in [-0.2, 0) is 9.59 Å². The number of piperidine rings is 1. The van der Waals surface area contributed by atoms with Crippen LogP contribution in [0.15, 0.2) is 48.5 Å². The highest BCUT2D eigenvalue weighted by atomic mass is 16.2. The molecule has 2 aliphatic heterocycles. The Morgan fingerprint density at radius 2 is 1.75 bits per heavy atom. The maximum absolute atomic E-state index is 13.8. The van der Waals surface area contributed by atoms with Gasteiger partial charge in [-0.3, -0.25) is 9.59 Å². The first-order valence-corrected chi connectivity index (χ1v) is 12.8. The quantitative estimate of drug-likeness (QED) is 0.642. The van der Waals surface area contributed by atoms with E-state index in [2.05, 4.69) is 15.5 Å². The van der Waals surface area contributed by atoms with Gasteiger partial charge >= 0.3 is 6.03 Å². The van der Waals surface area contributed by atoms with Gasteiger partial charge in [-0.2, -0.15) is 0 Å². The molecule has 1 atom stereocenters. The predicted molar refractivity (Wildman–Crippen MR) is 142 cm³/mol. The third kappa shape index (κ3) is 5.17. The average Bonchev–Trinajstić information content (AvgIpc) is 3.12. The molecule has 36 heavy (non-hydrogen) atoms. The summed E-state index contributed by atoms with van der Waals surface area (Å²) in [5.74, 6) is -0.187. The first-order chi connectivity index (χ1) is 17.2. The Kier molecular flexibility index (Phi) is 7.52. The minimum atomic E-state index is -0.769. The third-order valence-electron chi connectivity index (χ3n) is 7.44. The molecule has 2 aliphatic rings. The third-order valence-corrected chi connectivity index (χ3v) is 7.44. The SMILES string of the molecule is CCC(C)NC(=O)CN1CN(c2ccccc2)C2(CCN(C(=O)Nc3ccc(C)cc3C)CC2)C1=O. The van der Waals surface area contributed by atoms with Crippen LogP contribution in [0.3, 0.4) is 0 Å². The number of urea groups is 1. The minimum absolute atomic E-state index is 0.0329. The van der Waals surface area contributed by atoms with Crippen LogP contribution in [-0.4, -0.2) is 65.5 Å². The molecule has 8 nitrogen and oxygen atoms in total. The molecule has 2 aromatic rings. The van der Waals surface area contributed by atoms with Gasteiger partial charge in [0.25, 0.3) is 5.91 Å². The number of hydrogen-bond donors (Lipinski definition) is 2. The molecule has 192 valence electrons. The largest absolute Gasteiger partial charge is 0.352 e. The molecule has 2 saturated heterocycles. The van der Waals surface area contributed by atoms with E-state index in [9.17, 15) is 14.4 Å². The van der Waals surface area contributed by atoms with Crippen LogP contribution in [0.4, 0.5) is 16.2 Å². The van der Waals surface area contributed by atoms with Crippen molar-refractivity contribution in [1.29, 1.82) is 0 Å². The Morgan fingerprint density at radius 1 is 1.06 bits per heavy atom. The molecule has 0 bridgehead atoms. The van der Waals surface area contributed by atoms with Gasteiger partial charge in [-0.25, -0.2) is 4.79 Å². The van der Waals surface area contributed by atoms with Gasteiger partial charge in [0.1, 0.15) is 12.1 Å². The van der Waals surface area contributed by atoms with Crippen molar-refractivity contribution in [3.05, 3.63) is 59.7 Å². The second-order valence-electron chi connectivity index (χ2n) is 10.1. The molecule has 1 unspecified atom stereocenters. The van der Waals surface area contributed by atoms with Crippen molar-refractivity contribution in [2.24, 2.45) is 0 Å². The minimum Gasteiger partial charge on any atom is -0.352 e. The molecule has 0 aliphatic carbocycles. The zero-order valence-electron chi connectivity index (χ0n) is 21.7. The number of benzene rings is 2. The summed E-state index contributed by atoms with van der Waals surface area (Å²) in [6, 6.07) is 15.7. The van der Waals surface area contributed by atoms with Crippen molar-refractivity contribution in [1.82, 2.24) is 15.1 Å². The number of likely N-dealkylation sites (tertiary alicyclic amines) is 1. The van der Waals surface area contributed by atoms with Gasteiger partial charge in [-0.15, -0.1) is 0 Å². The van der Waals surface area contributed by atoms with Crippen LogP contribution >= 0.6 is 0 Å². The summed E-state index contributed by atoms with van der Waals surface area (Å²) in [7, 11) is 0. The molecule has 0 saturated carbocycles. The summed E-state index contributed by atoms with van der Waals surface area (Å²) >= 11 is 0. The smallest absolute Gasteiger partial charge is 0.321 e. The molecule has 0 radical (unpaired) electrons. The van der Waals surface area contributed by atoms with Crippen LogP contribution in [0.25, 0.3) is 0 Å². The predicted octanol–water partition coefficient (Wildman–Crippen LogP) is 3.89. The molecule has 2 heterocycles. The number of amides is 4. The Bertz CT molecular complexity index is 1110. The van der Waals surface area contributed by atoms with E-state index in [4.69, 9.17) is 0 Å². The molecular weight excluding hydrogens is 454 g/mol. The van der Waals surface area contributed by atoms with Crippen LogP contribution in [0, 0.1) is 13.8 Å². The lowest BCUT2D eigenvalue weighted by atomic mass is 9.85. The molecule has 1 spiro atoms. The van der Waals surface area contributed by atoms with E-state index in [1.807, 2.05) is 76.2 Å². The summed E-state index contributed by atoms with van der Waals surface area (Å²) in [6.07, 6.45) is 1.84. The molecule has 4 rings (SSSR count). The van der Waals surface area contributed by atoms with Gasteiger partial charge in [0.2, 0.25) is 5.91 Å². The van der Waals surface area contributed by atoms with E-state index < -0.39 is 5.54 Å². The molecular formula is C28H37N5O3. The monoisotopic (exact) mass is 491 g/mol. The van der Waals surface area contributed by atoms with Crippen molar-refractivity contribution in [3.63, 3.8) is 0 Å². The zero-order chi connectivity index (χ0) is 25.9. The molecule has 4 amide bonds. The van der Waals surface area contributed by atoms with E-state index >= 15 is 0 Å². The van der Waals surface area contributed by atoms with Crippen molar-refractivity contribution < 1.29 is 14.4 Å². The number of aryl methyl sites for hydroxylation is 2. The van der Waals surface area contributed by atoms with Crippen LogP contribution < -0.4 is 15.5 Å². The standard InChI is InChI=1S/C28H37N5O3/c1-5-22(4)29-25(34)18-32-19-33(23-9-7-6-8-10-23)28(26(32)35)13-15-31(16-14-28)27(36)30-24-12-11-20(2)17-21(24)3/h6-12,17,22H,5,13-16,18-19H2,1-4H3,(H,29,34)(H,30,36). The first kappa shape index (κ1) is 25.5. The number of rotatable bonds is 6. The second-order valence-corrected chi connectivity index (χ2v) is 10.1. The number of anilines is 2. The maximum Gasteiger partial charge on any atom is 0.321 e. The van der Waals surface area contributed by atoms with E-state index in [-0.39, 0.29) is 30.4 Å². The van der Waals surface area contributed by atoms with Gasteiger partial charge in [-0.05, 0) is 63.8 Å². The topological polar surface area (TPSA) is 85.0 Å². The Hall–Kier alpha value is -3.55. The highest BCUT2D eigenvalue weighted by molar-refractivity contribution is 5.97. The van der Waals surface area contributed by atoms with Crippen molar-refractivity contribution in [2.45, 2.75) is 58.5 Å². The summed E-state index contributed by atoms with van der Waals surface area (Å²) in [5, 5.41) is 5.99. The average molecular weight is 492 g/mol.